The molecule has 2 aromatic carbocycles. The van der Waals surface area contributed by atoms with Crippen LogP contribution in [0.5, 0.6) is 5.75 Å². The number of hydrogen-bond acceptors (Lipinski definition) is 6. The summed E-state index contributed by atoms with van der Waals surface area (Å²) >= 11 is 1.61. The van der Waals surface area contributed by atoms with Crippen molar-refractivity contribution >= 4 is 21.6 Å². The maximum absolute atomic E-state index is 10.4. The van der Waals surface area contributed by atoms with Gasteiger partial charge in [-0.1, -0.05) is 41.6 Å². The number of rotatable bonds is 8. The predicted molar refractivity (Wildman–Crippen MR) is 124 cm³/mol. The van der Waals surface area contributed by atoms with Crippen LogP contribution in [0.15, 0.2) is 64.5 Å². The van der Waals surface area contributed by atoms with Crippen LogP contribution in [-0.2, 0) is 6.42 Å². The zero-order valence-electron chi connectivity index (χ0n) is 17.3. The molecule has 0 radical (unpaired) electrons. The molecule has 0 fully saturated rings. The maximum Gasteiger partial charge on any atom is 0.178 e. The fraction of sp³-hybridized carbons (Fsp3) is 0.320. The first-order chi connectivity index (χ1) is 15.3. The van der Waals surface area contributed by atoms with E-state index in [1.54, 1.807) is 11.3 Å². The molecular weight excluding hydrogens is 408 g/mol. The highest BCUT2D eigenvalue weighted by molar-refractivity contribution is 7.17. The van der Waals surface area contributed by atoms with Crippen LogP contribution in [0.3, 0.4) is 0 Å². The smallest absolute Gasteiger partial charge is 0.178 e. The third-order valence-electron chi connectivity index (χ3n) is 5.89. The van der Waals surface area contributed by atoms with Crippen LogP contribution in [-0.4, -0.2) is 36.1 Å². The lowest BCUT2D eigenvalue weighted by Crippen LogP contribution is -2.34. The van der Waals surface area contributed by atoms with Crippen molar-refractivity contribution in [2.75, 3.05) is 19.7 Å². The molecule has 2 N–H and O–H groups in total. The molecule has 0 aliphatic heterocycles. The van der Waals surface area contributed by atoms with E-state index in [0.717, 1.165) is 28.1 Å². The molecule has 0 amide bonds. The van der Waals surface area contributed by atoms with Gasteiger partial charge in [-0.15, -0.1) is 11.3 Å². The average molecular weight is 435 g/mol. The number of aryl methyl sites for hydroxylation is 1. The van der Waals surface area contributed by atoms with Gasteiger partial charge in [-0.2, -0.15) is 0 Å². The molecule has 2 atom stereocenters. The van der Waals surface area contributed by atoms with E-state index in [-0.39, 0.29) is 6.61 Å². The molecule has 31 heavy (non-hydrogen) atoms. The predicted octanol–water partition coefficient (Wildman–Crippen LogP) is 5.01. The van der Waals surface area contributed by atoms with Gasteiger partial charge in [-0.3, -0.25) is 0 Å². The summed E-state index contributed by atoms with van der Waals surface area (Å²) in [5.41, 5.74) is 5.49. The summed E-state index contributed by atoms with van der Waals surface area (Å²) < 4.78 is 12.3. The number of nitrogens with zero attached hydrogens (tertiary/aromatic N) is 1. The molecule has 0 spiro atoms. The third-order valence-corrected chi connectivity index (χ3v) is 6.80. The lowest BCUT2D eigenvalue weighted by atomic mass is 9.83. The van der Waals surface area contributed by atoms with Crippen LogP contribution < -0.4 is 10.1 Å². The first kappa shape index (κ1) is 20.2. The van der Waals surface area contributed by atoms with Gasteiger partial charge in [0.2, 0.25) is 0 Å². The summed E-state index contributed by atoms with van der Waals surface area (Å²) in [7, 11) is 0. The van der Waals surface area contributed by atoms with Crippen molar-refractivity contribution in [3.63, 3.8) is 0 Å². The Labute approximate surface area is 185 Å². The summed E-state index contributed by atoms with van der Waals surface area (Å²) in [6.45, 7) is 1.63. The molecule has 0 bridgehead atoms. The largest absolute Gasteiger partial charge is 0.491 e. The Bertz CT molecular complexity index is 1150. The average Bonchev–Trinajstić information content (AvgIpc) is 3.42. The summed E-state index contributed by atoms with van der Waals surface area (Å²) in [6.07, 6.45) is 3.03. The van der Waals surface area contributed by atoms with Crippen molar-refractivity contribution in [2.45, 2.75) is 31.3 Å². The van der Waals surface area contributed by atoms with Crippen molar-refractivity contribution < 1.29 is 14.4 Å². The fourth-order valence-corrected chi connectivity index (χ4v) is 5.15. The summed E-state index contributed by atoms with van der Waals surface area (Å²) in [5, 5.41) is 20.0. The Kier molecular flexibility index (Phi) is 6.02. The SMILES string of the molecule is O[C@H](CNCC1CCCc2ccccc21)COc1cccc(-c2noc3ccsc23)c1. The van der Waals surface area contributed by atoms with Crippen LogP contribution in [0.1, 0.15) is 29.9 Å². The van der Waals surface area contributed by atoms with Gasteiger partial charge < -0.3 is 19.7 Å². The number of thiophene rings is 1. The van der Waals surface area contributed by atoms with E-state index in [9.17, 15) is 5.11 Å². The van der Waals surface area contributed by atoms with E-state index in [4.69, 9.17) is 9.26 Å². The van der Waals surface area contributed by atoms with Crippen molar-refractivity contribution in [1.82, 2.24) is 10.5 Å². The second-order valence-electron chi connectivity index (χ2n) is 8.08. The minimum absolute atomic E-state index is 0.241. The second-order valence-corrected chi connectivity index (χ2v) is 9.00. The van der Waals surface area contributed by atoms with Gasteiger partial charge in [0.15, 0.2) is 5.58 Å². The van der Waals surface area contributed by atoms with Crippen LogP contribution in [0.2, 0.25) is 0 Å². The summed E-state index contributed by atoms with van der Waals surface area (Å²) in [5.74, 6) is 1.23. The molecule has 5 rings (SSSR count). The lowest BCUT2D eigenvalue weighted by Gasteiger charge is -2.26. The number of aliphatic hydroxyl groups is 1. The van der Waals surface area contributed by atoms with Crippen LogP contribution in [0.25, 0.3) is 21.5 Å². The number of aliphatic hydroxyl groups excluding tert-OH is 1. The highest BCUT2D eigenvalue weighted by atomic mass is 32.1. The quantitative estimate of drug-likeness (QED) is 0.408. The highest BCUT2D eigenvalue weighted by Crippen LogP contribution is 2.33. The molecule has 1 aliphatic carbocycles. The molecule has 0 saturated carbocycles. The normalized spacial score (nSPS) is 16.9. The topological polar surface area (TPSA) is 67.5 Å². The van der Waals surface area contributed by atoms with Gasteiger partial charge in [0.05, 0.1) is 0 Å². The Balaban J connectivity index is 1.13. The lowest BCUT2D eigenvalue weighted by molar-refractivity contribution is 0.106. The van der Waals surface area contributed by atoms with E-state index in [1.165, 1.54) is 30.4 Å². The zero-order valence-corrected chi connectivity index (χ0v) is 18.1. The number of benzene rings is 2. The van der Waals surface area contributed by atoms with E-state index < -0.39 is 6.10 Å². The number of ether oxygens (including phenoxy) is 1. The van der Waals surface area contributed by atoms with Gasteiger partial charge in [0, 0.05) is 18.7 Å². The number of fused-ring (bicyclic) bond motifs is 2. The van der Waals surface area contributed by atoms with Gasteiger partial charge in [-0.25, -0.2) is 0 Å². The van der Waals surface area contributed by atoms with E-state index >= 15 is 0 Å². The number of nitrogens with one attached hydrogen (secondary N) is 1. The molecule has 1 aliphatic rings. The molecule has 4 aromatic rings. The molecule has 2 heterocycles. The van der Waals surface area contributed by atoms with Crippen LogP contribution in [0, 0.1) is 0 Å². The molecule has 160 valence electrons. The maximum atomic E-state index is 10.4. The van der Waals surface area contributed by atoms with Gasteiger partial charge in [-0.05, 0) is 59.9 Å². The molecule has 0 saturated heterocycles. The summed E-state index contributed by atoms with van der Waals surface area (Å²) in [4.78, 5) is 0. The number of hydrogen-bond donors (Lipinski definition) is 2. The molecule has 2 aromatic heterocycles. The van der Waals surface area contributed by atoms with E-state index in [2.05, 4.69) is 34.7 Å². The third kappa shape index (κ3) is 4.51. The number of aromatic nitrogens is 1. The monoisotopic (exact) mass is 434 g/mol. The fourth-order valence-electron chi connectivity index (χ4n) is 4.34. The minimum atomic E-state index is -0.571. The Morgan fingerprint density at radius 1 is 1.19 bits per heavy atom. The van der Waals surface area contributed by atoms with E-state index in [0.29, 0.717) is 18.2 Å². The Morgan fingerprint density at radius 2 is 2.13 bits per heavy atom. The van der Waals surface area contributed by atoms with Gasteiger partial charge >= 0.3 is 0 Å². The summed E-state index contributed by atoms with van der Waals surface area (Å²) in [6, 6.07) is 18.4. The first-order valence-electron chi connectivity index (χ1n) is 10.8. The Morgan fingerprint density at radius 3 is 3.10 bits per heavy atom. The van der Waals surface area contributed by atoms with Gasteiger partial charge in [0.25, 0.3) is 0 Å². The Hall–Kier alpha value is -2.67. The van der Waals surface area contributed by atoms with E-state index in [1.807, 2.05) is 35.7 Å². The van der Waals surface area contributed by atoms with Crippen molar-refractivity contribution in [3.8, 4) is 17.0 Å². The van der Waals surface area contributed by atoms with Crippen molar-refractivity contribution in [2.24, 2.45) is 0 Å². The molecule has 6 heteroatoms. The second kappa shape index (κ2) is 9.22. The first-order valence-corrected chi connectivity index (χ1v) is 11.7. The standard InChI is InChI=1S/C25H26N2O3S/c28-20(15-26-14-19-8-3-6-17-5-1-2-10-22(17)19)16-29-21-9-4-7-18(13-21)24-25-23(30-27-24)11-12-31-25/h1-2,4-5,7,9-13,19-20,26,28H,3,6,8,14-16H2/t19?,20-/m1/s1. The molecule has 5 nitrogen and oxygen atoms in total. The van der Waals surface area contributed by atoms with Crippen LogP contribution in [0.4, 0.5) is 0 Å². The molecular formula is C25H26N2O3S. The molecule has 1 unspecified atom stereocenters. The highest BCUT2D eigenvalue weighted by Gasteiger charge is 2.19. The van der Waals surface area contributed by atoms with Crippen molar-refractivity contribution in [3.05, 3.63) is 71.1 Å². The van der Waals surface area contributed by atoms with Crippen LogP contribution >= 0.6 is 11.3 Å². The van der Waals surface area contributed by atoms with Crippen molar-refractivity contribution in [1.29, 1.82) is 0 Å². The van der Waals surface area contributed by atoms with Gasteiger partial charge in [0.1, 0.15) is 28.9 Å². The minimum Gasteiger partial charge on any atom is -0.491 e. The zero-order chi connectivity index (χ0) is 21.0.